The zero-order valence-electron chi connectivity index (χ0n) is 20.3. The Bertz CT molecular complexity index is 1190. The lowest BCUT2D eigenvalue weighted by molar-refractivity contribution is -0.124. The first kappa shape index (κ1) is 25.4. The van der Waals surface area contributed by atoms with Crippen LogP contribution in [0.2, 0.25) is 5.02 Å². The van der Waals surface area contributed by atoms with Crippen LogP contribution in [-0.2, 0) is 11.2 Å². The molecule has 2 amide bonds. The lowest BCUT2D eigenvalue weighted by Gasteiger charge is -2.34. The average molecular weight is 530 g/mol. The van der Waals surface area contributed by atoms with Gasteiger partial charge in [-0.2, -0.15) is 0 Å². The number of rotatable bonds is 9. The Kier molecular flexibility index (Phi) is 8.06. The molecule has 3 N–H and O–H groups in total. The van der Waals surface area contributed by atoms with Crippen LogP contribution in [0.4, 0.5) is 4.79 Å². The van der Waals surface area contributed by atoms with Gasteiger partial charge in [-0.05, 0) is 60.4 Å². The van der Waals surface area contributed by atoms with E-state index in [1.54, 1.807) is 0 Å². The minimum absolute atomic E-state index is 0.256. The highest BCUT2D eigenvalue weighted by Crippen LogP contribution is 2.40. The molecule has 36 heavy (non-hydrogen) atoms. The first-order chi connectivity index (χ1) is 17.5. The monoisotopic (exact) mass is 529 g/mol. The van der Waals surface area contributed by atoms with Crippen LogP contribution in [-0.4, -0.2) is 46.9 Å². The molecule has 2 aliphatic rings. The van der Waals surface area contributed by atoms with Gasteiger partial charge < -0.3 is 25.0 Å². The normalized spacial score (nSPS) is 22.0. The second-order valence-corrected chi connectivity index (χ2v) is 10.7. The highest BCUT2D eigenvalue weighted by molar-refractivity contribution is 6.35. The van der Waals surface area contributed by atoms with Crippen LogP contribution in [0.15, 0.2) is 48.7 Å². The van der Waals surface area contributed by atoms with Gasteiger partial charge in [0.1, 0.15) is 6.23 Å². The fourth-order valence-electron chi connectivity index (χ4n) is 5.08. The number of ether oxygens (including phenoxy) is 1. The number of aromatic nitrogens is 1. The van der Waals surface area contributed by atoms with E-state index in [9.17, 15) is 9.90 Å². The number of nitrogens with zero attached hydrogens (tertiary/aromatic N) is 1. The van der Waals surface area contributed by atoms with Crippen LogP contribution in [0.1, 0.15) is 60.9 Å². The van der Waals surface area contributed by atoms with Gasteiger partial charge in [0.25, 0.3) is 0 Å². The molecule has 0 radical (unpaired) electrons. The van der Waals surface area contributed by atoms with Crippen molar-refractivity contribution in [3.63, 3.8) is 0 Å². The molecule has 0 unspecified atom stereocenters. The average Bonchev–Trinajstić information content (AvgIpc) is 3.65. The Morgan fingerprint density at radius 3 is 2.67 bits per heavy atom. The number of halogens is 2. The van der Waals surface area contributed by atoms with Gasteiger partial charge in [-0.25, -0.2) is 4.79 Å². The van der Waals surface area contributed by atoms with E-state index in [1.165, 1.54) is 24.0 Å². The van der Waals surface area contributed by atoms with Crippen molar-refractivity contribution in [1.29, 1.82) is 0 Å². The first-order valence-corrected chi connectivity index (χ1v) is 13.7. The number of fused-ring (bicyclic) bond motifs is 1. The van der Waals surface area contributed by atoms with Crippen molar-refractivity contribution in [2.45, 2.75) is 62.9 Å². The van der Waals surface area contributed by atoms with E-state index in [1.807, 2.05) is 18.2 Å². The number of hydrogen-bond acceptors (Lipinski definition) is 3. The van der Waals surface area contributed by atoms with E-state index in [0.717, 1.165) is 28.8 Å². The molecule has 1 aliphatic carbocycles. The van der Waals surface area contributed by atoms with Gasteiger partial charge in [0.15, 0.2) is 0 Å². The summed E-state index contributed by atoms with van der Waals surface area (Å²) in [7, 11) is 0. The van der Waals surface area contributed by atoms with Crippen molar-refractivity contribution in [2.24, 2.45) is 0 Å². The van der Waals surface area contributed by atoms with Crippen LogP contribution in [0.3, 0.4) is 0 Å². The largest absolute Gasteiger partial charge is 0.393 e. The van der Waals surface area contributed by atoms with Gasteiger partial charge in [0, 0.05) is 43.4 Å². The highest BCUT2D eigenvalue weighted by atomic mass is 35.5. The van der Waals surface area contributed by atoms with E-state index >= 15 is 0 Å². The number of nitrogens with one attached hydrogen (secondary N) is 2. The third-order valence-electron chi connectivity index (χ3n) is 7.06. The smallest absolute Gasteiger partial charge is 0.314 e. The topological polar surface area (TPSA) is 75.5 Å². The summed E-state index contributed by atoms with van der Waals surface area (Å²) in [6.45, 7) is 0.842. The maximum absolute atomic E-state index is 12.0. The minimum atomic E-state index is -0.523. The van der Waals surface area contributed by atoms with Crippen LogP contribution in [0.5, 0.6) is 0 Å². The summed E-state index contributed by atoms with van der Waals surface area (Å²) in [6, 6.07) is 14.6. The van der Waals surface area contributed by atoms with Gasteiger partial charge in [-0.1, -0.05) is 41.9 Å². The summed E-state index contributed by atoms with van der Waals surface area (Å²) in [5, 5.41) is 18.0. The number of amides is 2. The zero-order chi connectivity index (χ0) is 25.1. The zero-order valence-corrected chi connectivity index (χ0v) is 21.8. The van der Waals surface area contributed by atoms with Crippen LogP contribution in [0, 0.1) is 0 Å². The van der Waals surface area contributed by atoms with Gasteiger partial charge in [-0.15, -0.1) is 11.6 Å². The van der Waals surface area contributed by atoms with Crippen molar-refractivity contribution < 1.29 is 14.6 Å². The van der Waals surface area contributed by atoms with Crippen LogP contribution in [0.25, 0.3) is 10.9 Å². The predicted molar refractivity (Wildman–Crippen MR) is 144 cm³/mol. The number of carbonyl (C=O) groups excluding carboxylic acids is 1. The van der Waals surface area contributed by atoms with Crippen LogP contribution >= 0.6 is 23.2 Å². The molecule has 2 fully saturated rings. The Morgan fingerprint density at radius 1 is 1.11 bits per heavy atom. The summed E-state index contributed by atoms with van der Waals surface area (Å²) >= 11 is 12.3. The molecule has 5 rings (SSSR count). The third-order valence-corrected chi connectivity index (χ3v) is 7.65. The van der Waals surface area contributed by atoms with Gasteiger partial charge in [0.2, 0.25) is 0 Å². The number of urea groups is 1. The maximum atomic E-state index is 12.0. The number of alkyl halides is 1. The standard InChI is InChI=1S/C28H33Cl2N3O3/c29-11-2-12-31-28(35)32-16-23-14-22(34)15-26(36-23)33-17-21(27-24(30)3-1-4-25(27)33)13-18-5-7-19(8-6-18)20-9-10-20/h1,3-8,17,20,22-23,26,34H,2,9-16H2,(H2,31,32,35)/t22-,23-,26+/m0/s1. The van der Waals surface area contributed by atoms with Gasteiger partial charge >= 0.3 is 6.03 Å². The molecule has 6 nitrogen and oxygen atoms in total. The van der Waals surface area contributed by atoms with E-state index < -0.39 is 6.10 Å². The summed E-state index contributed by atoms with van der Waals surface area (Å²) in [5.41, 5.74) is 4.78. The molecule has 1 aliphatic heterocycles. The molecule has 0 spiro atoms. The minimum Gasteiger partial charge on any atom is -0.393 e. The molecule has 2 aromatic carbocycles. The van der Waals surface area contributed by atoms with Gasteiger partial charge in [0.05, 0.1) is 22.7 Å². The van der Waals surface area contributed by atoms with Crippen molar-refractivity contribution in [3.05, 3.63) is 70.4 Å². The van der Waals surface area contributed by atoms with Crippen molar-refractivity contribution >= 4 is 40.1 Å². The fourth-order valence-corrected chi connectivity index (χ4v) is 5.50. The van der Waals surface area contributed by atoms with Crippen molar-refractivity contribution in [1.82, 2.24) is 15.2 Å². The highest BCUT2D eigenvalue weighted by Gasteiger charge is 2.31. The second-order valence-electron chi connectivity index (χ2n) is 9.91. The summed E-state index contributed by atoms with van der Waals surface area (Å²) in [4.78, 5) is 12.0. The number of aliphatic hydroxyl groups excluding tert-OH is 1. The SMILES string of the molecule is O=C(NCCCCl)NC[C@@H]1C[C@H](O)C[C@H](n2cc(Cc3ccc(C4CC4)cc3)c3c(Cl)cccc32)O1. The molecule has 0 bridgehead atoms. The first-order valence-electron chi connectivity index (χ1n) is 12.8. The molecular formula is C28H33Cl2N3O3. The van der Waals surface area contributed by atoms with E-state index in [-0.39, 0.29) is 18.4 Å². The summed E-state index contributed by atoms with van der Waals surface area (Å²) < 4.78 is 8.46. The number of benzene rings is 2. The maximum Gasteiger partial charge on any atom is 0.314 e. The molecule has 2 heterocycles. The van der Waals surface area contributed by atoms with Gasteiger partial charge in [-0.3, -0.25) is 0 Å². The Balaban J connectivity index is 1.33. The Hall–Kier alpha value is -2.25. The molecular weight excluding hydrogens is 497 g/mol. The number of aliphatic hydroxyl groups is 1. The Morgan fingerprint density at radius 2 is 1.92 bits per heavy atom. The van der Waals surface area contributed by atoms with E-state index in [4.69, 9.17) is 27.9 Å². The molecule has 1 aromatic heterocycles. The lowest BCUT2D eigenvalue weighted by atomic mass is 10.0. The molecule has 3 aromatic rings. The van der Waals surface area contributed by atoms with Crippen LogP contribution < -0.4 is 10.6 Å². The molecule has 3 atom stereocenters. The molecule has 192 valence electrons. The lowest BCUT2D eigenvalue weighted by Crippen LogP contribution is -2.44. The number of hydrogen-bond donors (Lipinski definition) is 3. The quantitative estimate of drug-likeness (QED) is 0.244. The molecule has 1 saturated carbocycles. The van der Waals surface area contributed by atoms with Crippen molar-refractivity contribution in [3.8, 4) is 0 Å². The molecule has 8 heteroatoms. The molecule has 1 saturated heterocycles. The summed E-state index contributed by atoms with van der Waals surface area (Å²) in [6.07, 6.45) is 5.95. The third kappa shape index (κ3) is 6.00. The fraction of sp³-hybridized carbons (Fsp3) is 0.464. The van der Waals surface area contributed by atoms with E-state index in [0.29, 0.717) is 43.3 Å². The summed E-state index contributed by atoms with van der Waals surface area (Å²) in [5.74, 6) is 1.24. The van der Waals surface area contributed by atoms with E-state index in [2.05, 4.69) is 45.7 Å². The Labute approximate surface area is 221 Å². The predicted octanol–water partition coefficient (Wildman–Crippen LogP) is 5.73. The van der Waals surface area contributed by atoms with Crippen molar-refractivity contribution in [2.75, 3.05) is 19.0 Å². The second kappa shape index (κ2) is 11.4. The number of carbonyl (C=O) groups is 1.